The molecule has 12 heavy (non-hydrogen) atoms. The van der Waals surface area contributed by atoms with Crippen molar-refractivity contribution >= 4 is 0 Å². The number of hydrogen-bond acceptors (Lipinski definition) is 0. The summed E-state index contributed by atoms with van der Waals surface area (Å²) in [4.78, 5) is 0. The predicted octanol–water partition coefficient (Wildman–Crippen LogP) is 3.34. The zero-order valence-corrected chi connectivity index (χ0v) is 7.12. The average molecular weight is 161 g/mol. The van der Waals surface area contributed by atoms with Gasteiger partial charge in [0.15, 0.2) is 5.75 Å². The summed E-state index contributed by atoms with van der Waals surface area (Å²) in [5.41, 5.74) is 1.13. The quantitative estimate of drug-likeness (QED) is 0.476. The molecule has 63 valence electrons. The van der Waals surface area contributed by atoms with Crippen molar-refractivity contribution in [2.75, 3.05) is 0 Å². The first-order valence-corrected chi connectivity index (χ1v) is 4.20. The Morgan fingerprint density at radius 3 is 2.92 bits per heavy atom. The minimum absolute atomic E-state index is 0.103. The second-order valence-electron chi connectivity index (χ2n) is 2.83. The molecular formula is C11H13O. The third-order valence-corrected chi connectivity index (χ3v) is 1.77. The van der Waals surface area contributed by atoms with Gasteiger partial charge in [0, 0.05) is 0 Å². The molecule has 0 saturated heterocycles. The number of aryl methyl sites for hydroxylation is 1. The normalized spacial score (nSPS) is 9.67. The number of rotatable bonds is 4. The summed E-state index contributed by atoms with van der Waals surface area (Å²) in [6.45, 7) is 3.65. The van der Waals surface area contributed by atoms with Gasteiger partial charge in [-0.2, -0.15) is 0 Å². The molecule has 1 nitrogen and oxygen atoms in total. The van der Waals surface area contributed by atoms with Gasteiger partial charge in [-0.25, -0.2) is 0 Å². The first-order valence-electron chi connectivity index (χ1n) is 4.20. The third kappa shape index (κ3) is 2.79. The Bertz CT molecular complexity index is 253. The fourth-order valence-electron chi connectivity index (χ4n) is 1.15. The van der Waals surface area contributed by atoms with Crippen LogP contribution >= 0.6 is 0 Å². The maximum Gasteiger partial charge on any atom is 0.178 e. The minimum Gasteiger partial charge on any atom is -0.290 e. The van der Waals surface area contributed by atoms with E-state index in [0.29, 0.717) is 0 Å². The highest BCUT2D eigenvalue weighted by atomic mass is 16.3. The summed E-state index contributed by atoms with van der Waals surface area (Å²) >= 11 is 0. The van der Waals surface area contributed by atoms with Gasteiger partial charge in [0.2, 0.25) is 0 Å². The molecule has 0 spiro atoms. The highest BCUT2D eigenvalue weighted by molar-refractivity contribution is 5.26. The molecule has 0 fully saturated rings. The fraction of sp³-hybridized carbons (Fsp3) is 0.273. The van der Waals surface area contributed by atoms with E-state index in [9.17, 15) is 5.11 Å². The lowest BCUT2D eigenvalue weighted by Crippen LogP contribution is -1.82. The van der Waals surface area contributed by atoms with E-state index in [-0.39, 0.29) is 5.75 Å². The Kier molecular flexibility index (Phi) is 3.39. The fourth-order valence-corrected chi connectivity index (χ4v) is 1.15. The Labute approximate surface area is 73.4 Å². The molecule has 0 heterocycles. The van der Waals surface area contributed by atoms with Crippen molar-refractivity contribution in [3.63, 3.8) is 0 Å². The van der Waals surface area contributed by atoms with Crippen LogP contribution in [0.15, 0.2) is 36.9 Å². The topological polar surface area (TPSA) is 19.9 Å². The van der Waals surface area contributed by atoms with Crippen LogP contribution in [0.1, 0.15) is 18.4 Å². The van der Waals surface area contributed by atoms with Crippen molar-refractivity contribution in [2.45, 2.75) is 19.3 Å². The summed E-state index contributed by atoms with van der Waals surface area (Å²) in [7, 11) is 0. The van der Waals surface area contributed by atoms with Crippen LogP contribution in [0.5, 0.6) is 5.75 Å². The summed E-state index contributed by atoms with van der Waals surface area (Å²) < 4.78 is 0. The summed E-state index contributed by atoms with van der Waals surface area (Å²) in [5.74, 6) is 0.103. The van der Waals surface area contributed by atoms with Gasteiger partial charge in [-0.15, -0.1) is 6.58 Å². The lowest BCUT2D eigenvalue weighted by atomic mass is 10.1. The molecule has 0 amide bonds. The van der Waals surface area contributed by atoms with Crippen LogP contribution in [-0.4, -0.2) is 0 Å². The Morgan fingerprint density at radius 2 is 2.25 bits per heavy atom. The van der Waals surface area contributed by atoms with Gasteiger partial charge in [-0.1, -0.05) is 18.2 Å². The Hall–Kier alpha value is -1.24. The van der Waals surface area contributed by atoms with Crippen molar-refractivity contribution in [2.24, 2.45) is 0 Å². The van der Waals surface area contributed by atoms with Crippen LogP contribution < -0.4 is 0 Å². The van der Waals surface area contributed by atoms with Crippen LogP contribution in [0, 0.1) is 0 Å². The van der Waals surface area contributed by atoms with Gasteiger partial charge in [0.1, 0.15) is 0 Å². The molecule has 0 aliphatic rings. The maximum atomic E-state index is 10.9. The molecule has 1 heteroatoms. The molecule has 1 rings (SSSR count). The standard InChI is InChI=1S/C11H13O/c1-2-3-4-6-10-7-5-8-11(12)9-10/h2,5,7-9H,1,3-4,6H2. The molecule has 0 N–H and O–H groups in total. The van der Waals surface area contributed by atoms with Crippen LogP contribution in [0.25, 0.3) is 0 Å². The third-order valence-electron chi connectivity index (χ3n) is 1.77. The summed E-state index contributed by atoms with van der Waals surface area (Å²) in [6.07, 6.45) is 4.97. The monoisotopic (exact) mass is 161 g/mol. The second-order valence-corrected chi connectivity index (χ2v) is 2.83. The SMILES string of the molecule is C=CCCCc1cccc([O])c1. The van der Waals surface area contributed by atoms with E-state index >= 15 is 0 Å². The molecule has 1 aromatic rings. The summed E-state index contributed by atoms with van der Waals surface area (Å²) in [5, 5.41) is 10.9. The predicted molar refractivity (Wildman–Crippen MR) is 49.7 cm³/mol. The largest absolute Gasteiger partial charge is 0.290 e. The molecule has 1 radical (unpaired) electrons. The van der Waals surface area contributed by atoms with Gasteiger partial charge >= 0.3 is 0 Å². The van der Waals surface area contributed by atoms with Gasteiger partial charge in [0.05, 0.1) is 0 Å². The van der Waals surface area contributed by atoms with Gasteiger partial charge in [-0.3, -0.25) is 5.11 Å². The molecule has 0 bridgehead atoms. The summed E-state index contributed by atoms with van der Waals surface area (Å²) in [6, 6.07) is 7.08. The number of hydrogen-bond donors (Lipinski definition) is 0. The highest BCUT2D eigenvalue weighted by Crippen LogP contribution is 2.13. The minimum atomic E-state index is 0.103. The number of allylic oxidation sites excluding steroid dienone is 1. The first-order chi connectivity index (χ1) is 5.83. The Balaban J connectivity index is 2.46. The van der Waals surface area contributed by atoms with E-state index in [1.165, 1.54) is 0 Å². The molecule has 0 unspecified atom stereocenters. The van der Waals surface area contributed by atoms with Crippen molar-refractivity contribution in [3.8, 4) is 5.75 Å². The molecular weight excluding hydrogens is 148 g/mol. The smallest absolute Gasteiger partial charge is 0.178 e. The maximum absolute atomic E-state index is 10.9. The first kappa shape index (κ1) is 8.85. The van der Waals surface area contributed by atoms with Crippen molar-refractivity contribution < 1.29 is 5.11 Å². The molecule has 0 atom stereocenters. The van der Waals surface area contributed by atoms with E-state index in [1.807, 2.05) is 18.2 Å². The van der Waals surface area contributed by atoms with Crippen molar-refractivity contribution in [1.29, 1.82) is 0 Å². The Morgan fingerprint density at radius 1 is 1.42 bits per heavy atom. The average Bonchev–Trinajstić information content (AvgIpc) is 2.05. The van der Waals surface area contributed by atoms with E-state index in [0.717, 1.165) is 24.8 Å². The molecule has 1 aromatic carbocycles. The second kappa shape index (κ2) is 4.60. The van der Waals surface area contributed by atoms with Crippen molar-refractivity contribution in [3.05, 3.63) is 42.5 Å². The highest BCUT2D eigenvalue weighted by Gasteiger charge is 1.94. The van der Waals surface area contributed by atoms with E-state index in [2.05, 4.69) is 6.58 Å². The van der Waals surface area contributed by atoms with Gasteiger partial charge in [-0.05, 0) is 37.0 Å². The zero-order valence-electron chi connectivity index (χ0n) is 7.12. The number of benzene rings is 1. The lowest BCUT2D eigenvalue weighted by Gasteiger charge is -1.98. The van der Waals surface area contributed by atoms with Crippen LogP contribution in [0.3, 0.4) is 0 Å². The van der Waals surface area contributed by atoms with Crippen LogP contribution in [-0.2, 0) is 11.5 Å². The van der Waals surface area contributed by atoms with E-state index in [1.54, 1.807) is 12.1 Å². The number of unbranched alkanes of at least 4 members (excludes halogenated alkanes) is 1. The van der Waals surface area contributed by atoms with Crippen LogP contribution in [0.2, 0.25) is 0 Å². The van der Waals surface area contributed by atoms with Gasteiger partial charge < -0.3 is 0 Å². The molecule has 0 aliphatic heterocycles. The molecule has 0 aliphatic carbocycles. The van der Waals surface area contributed by atoms with E-state index in [4.69, 9.17) is 0 Å². The zero-order chi connectivity index (χ0) is 8.81. The van der Waals surface area contributed by atoms with Crippen LogP contribution in [0.4, 0.5) is 0 Å². The lowest BCUT2D eigenvalue weighted by molar-refractivity contribution is 0.354. The molecule has 0 saturated carbocycles. The van der Waals surface area contributed by atoms with Crippen molar-refractivity contribution in [1.82, 2.24) is 0 Å². The van der Waals surface area contributed by atoms with E-state index < -0.39 is 0 Å². The van der Waals surface area contributed by atoms with Gasteiger partial charge in [0.25, 0.3) is 0 Å². The molecule has 0 aromatic heterocycles.